The van der Waals surface area contributed by atoms with Gasteiger partial charge in [-0.25, -0.2) is 4.39 Å². The fourth-order valence-electron chi connectivity index (χ4n) is 2.12. The first kappa shape index (κ1) is 15.4. The van der Waals surface area contributed by atoms with Gasteiger partial charge in [0.1, 0.15) is 11.9 Å². The molecule has 1 fully saturated rings. The van der Waals surface area contributed by atoms with Crippen molar-refractivity contribution < 1.29 is 23.9 Å². The van der Waals surface area contributed by atoms with E-state index in [1.165, 1.54) is 12.1 Å². The Labute approximate surface area is 128 Å². The zero-order valence-corrected chi connectivity index (χ0v) is 12.4. The molecule has 0 spiro atoms. The number of rotatable bonds is 3. The number of benzene rings is 1. The first-order valence-electron chi connectivity index (χ1n) is 6.15. The number of carboxylic acid groups (broad SMARTS) is 1. The van der Waals surface area contributed by atoms with Crippen molar-refractivity contribution in [1.29, 1.82) is 0 Å². The predicted octanol–water partition coefficient (Wildman–Crippen LogP) is 1.00. The van der Waals surface area contributed by atoms with Crippen LogP contribution in [0.4, 0.5) is 4.39 Å². The van der Waals surface area contributed by atoms with Gasteiger partial charge in [-0.15, -0.1) is 0 Å². The molecule has 0 aromatic heterocycles. The largest absolute Gasteiger partial charge is 0.481 e. The maximum atomic E-state index is 13.5. The van der Waals surface area contributed by atoms with Gasteiger partial charge in [-0.2, -0.15) is 0 Å². The van der Waals surface area contributed by atoms with Gasteiger partial charge in [-0.05, 0) is 34.1 Å². The van der Waals surface area contributed by atoms with Crippen LogP contribution in [0.5, 0.6) is 0 Å². The Morgan fingerprint density at radius 1 is 1.48 bits per heavy atom. The van der Waals surface area contributed by atoms with Gasteiger partial charge < -0.3 is 15.3 Å². The number of carbonyl (C=O) groups excluding carboxylic acids is 2. The van der Waals surface area contributed by atoms with Crippen molar-refractivity contribution in [2.24, 2.45) is 0 Å². The van der Waals surface area contributed by atoms with Crippen molar-refractivity contribution >= 4 is 33.7 Å². The Kier molecular flexibility index (Phi) is 4.56. The highest BCUT2D eigenvalue weighted by Crippen LogP contribution is 2.19. The van der Waals surface area contributed by atoms with E-state index in [0.717, 1.165) is 11.0 Å². The summed E-state index contributed by atoms with van der Waals surface area (Å²) in [6.45, 7) is 0.417. The van der Waals surface area contributed by atoms with Crippen molar-refractivity contribution in [2.75, 3.05) is 13.1 Å². The highest BCUT2D eigenvalue weighted by molar-refractivity contribution is 9.10. The lowest BCUT2D eigenvalue weighted by Gasteiger charge is -2.34. The normalized spacial score (nSPS) is 18.3. The van der Waals surface area contributed by atoms with Gasteiger partial charge in [0.2, 0.25) is 5.91 Å². The van der Waals surface area contributed by atoms with E-state index in [2.05, 4.69) is 21.2 Å². The molecule has 1 aromatic carbocycles. The topological polar surface area (TPSA) is 86.7 Å². The first-order chi connectivity index (χ1) is 9.90. The molecule has 1 heterocycles. The molecule has 1 aromatic rings. The summed E-state index contributed by atoms with van der Waals surface area (Å²) >= 11 is 2.99. The van der Waals surface area contributed by atoms with Crippen LogP contribution in [-0.2, 0) is 9.59 Å². The van der Waals surface area contributed by atoms with Crippen LogP contribution in [0.1, 0.15) is 16.8 Å². The second kappa shape index (κ2) is 6.21. The van der Waals surface area contributed by atoms with Crippen molar-refractivity contribution in [2.45, 2.75) is 12.5 Å². The Morgan fingerprint density at radius 2 is 2.19 bits per heavy atom. The van der Waals surface area contributed by atoms with Crippen LogP contribution in [-0.4, -0.2) is 46.9 Å². The summed E-state index contributed by atoms with van der Waals surface area (Å²) in [4.78, 5) is 36.1. The summed E-state index contributed by atoms with van der Waals surface area (Å²) in [5.74, 6) is -2.87. The van der Waals surface area contributed by atoms with Crippen LogP contribution in [0.25, 0.3) is 0 Å². The summed E-state index contributed by atoms with van der Waals surface area (Å²) in [7, 11) is 0. The first-order valence-corrected chi connectivity index (χ1v) is 6.95. The van der Waals surface area contributed by atoms with Crippen molar-refractivity contribution in [3.63, 3.8) is 0 Å². The zero-order chi connectivity index (χ0) is 15.6. The van der Waals surface area contributed by atoms with Crippen molar-refractivity contribution in [1.82, 2.24) is 10.2 Å². The standard InChI is InChI=1S/C13H12BrFN2O4/c14-8-2-1-7(5-9(8)15)13(21)17-4-3-16-12(20)10(17)6-11(18)19/h1-2,5,10H,3-4,6H2,(H,16,20)(H,18,19). The number of carbonyl (C=O) groups is 3. The van der Waals surface area contributed by atoms with Gasteiger partial charge in [-0.3, -0.25) is 14.4 Å². The lowest BCUT2D eigenvalue weighted by atomic mass is 10.1. The number of amides is 2. The lowest BCUT2D eigenvalue weighted by Crippen LogP contribution is -2.57. The van der Waals surface area contributed by atoms with Crippen molar-refractivity contribution in [3.8, 4) is 0 Å². The third kappa shape index (κ3) is 3.38. The van der Waals surface area contributed by atoms with Crippen molar-refractivity contribution in [3.05, 3.63) is 34.1 Å². The molecule has 2 amide bonds. The Bertz CT molecular complexity index is 608. The number of hydrogen-bond acceptors (Lipinski definition) is 3. The van der Waals surface area contributed by atoms with Gasteiger partial charge >= 0.3 is 5.97 Å². The maximum Gasteiger partial charge on any atom is 0.305 e. The lowest BCUT2D eigenvalue weighted by molar-refractivity contribution is -0.142. The molecule has 21 heavy (non-hydrogen) atoms. The minimum absolute atomic E-state index is 0.0702. The molecule has 1 aliphatic rings. The van der Waals surface area contributed by atoms with Gasteiger partial charge in [0.25, 0.3) is 5.91 Å². The highest BCUT2D eigenvalue weighted by Gasteiger charge is 2.35. The smallest absolute Gasteiger partial charge is 0.305 e. The molecule has 8 heteroatoms. The van der Waals surface area contributed by atoms with Crippen LogP contribution in [0.2, 0.25) is 0 Å². The second-order valence-corrected chi connectivity index (χ2v) is 5.39. The number of nitrogens with one attached hydrogen (secondary N) is 1. The highest BCUT2D eigenvalue weighted by atomic mass is 79.9. The SMILES string of the molecule is O=C(O)CC1C(=O)NCCN1C(=O)c1ccc(Br)c(F)c1. The van der Waals surface area contributed by atoms with Gasteiger partial charge in [0.15, 0.2) is 0 Å². The number of piperazine rings is 1. The fourth-order valence-corrected chi connectivity index (χ4v) is 2.37. The van der Waals surface area contributed by atoms with E-state index in [1.807, 2.05) is 0 Å². The van der Waals surface area contributed by atoms with E-state index in [0.29, 0.717) is 0 Å². The quantitative estimate of drug-likeness (QED) is 0.843. The molecule has 0 saturated carbocycles. The fraction of sp³-hybridized carbons (Fsp3) is 0.308. The van der Waals surface area contributed by atoms with Crippen LogP contribution >= 0.6 is 15.9 Å². The number of hydrogen-bond donors (Lipinski definition) is 2. The average molecular weight is 359 g/mol. The second-order valence-electron chi connectivity index (χ2n) is 4.53. The molecular formula is C13H12BrFN2O4. The van der Waals surface area contributed by atoms with E-state index in [9.17, 15) is 18.8 Å². The van der Waals surface area contributed by atoms with Gasteiger partial charge in [0.05, 0.1) is 10.9 Å². The number of nitrogens with zero attached hydrogens (tertiary/aromatic N) is 1. The molecule has 0 radical (unpaired) electrons. The van der Waals surface area contributed by atoms with Gasteiger partial charge in [-0.1, -0.05) is 0 Å². The molecule has 1 saturated heterocycles. The summed E-state index contributed by atoms with van der Waals surface area (Å²) in [6, 6.07) is 2.77. The molecule has 1 aliphatic heterocycles. The molecule has 2 N–H and O–H groups in total. The molecule has 0 aliphatic carbocycles. The Hall–Kier alpha value is -1.96. The van der Waals surface area contributed by atoms with E-state index in [1.54, 1.807) is 0 Å². The summed E-state index contributed by atoms with van der Waals surface area (Å²) in [6.07, 6.45) is -0.490. The summed E-state index contributed by atoms with van der Waals surface area (Å²) < 4.78 is 13.7. The van der Waals surface area contributed by atoms with Crippen LogP contribution in [0, 0.1) is 5.82 Å². The summed E-state index contributed by atoms with van der Waals surface area (Å²) in [5, 5.41) is 11.4. The zero-order valence-electron chi connectivity index (χ0n) is 10.8. The third-order valence-electron chi connectivity index (χ3n) is 3.13. The molecule has 112 valence electrons. The van der Waals surface area contributed by atoms with Crippen LogP contribution < -0.4 is 5.32 Å². The average Bonchev–Trinajstić information content (AvgIpc) is 2.43. The monoisotopic (exact) mass is 358 g/mol. The summed E-state index contributed by atoms with van der Waals surface area (Å²) in [5.41, 5.74) is 0.0702. The Balaban J connectivity index is 2.27. The molecule has 6 nitrogen and oxygen atoms in total. The van der Waals surface area contributed by atoms with E-state index in [4.69, 9.17) is 5.11 Å². The molecule has 0 bridgehead atoms. The molecular weight excluding hydrogens is 347 g/mol. The molecule has 1 atom stereocenters. The van der Waals surface area contributed by atoms with E-state index in [-0.39, 0.29) is 23.1 Å². The van der Waals surface area contributed by atoms with Gasteiger partial charge in [0, 0.05) is 18.7 Å². The minimum atomic E-state index is -1.18. The maximum absolute atomic E-state index is 13.5. The number of aliphatic carboxylic acids is 1. The number of halogens is 2. The molecule has 1 unspecified atom stereocenters. The molecule has 2 rings (SSSR count). The predicted molar refractivity (Wildman–Crippen MR) is 74.2 cm³/mol. The van der Waals surface area contributed by atoms with E-state index < -0.39 is 36.1 Å². The number of carboxylic acids is 1. The van der Waals surface area contributed by atoms with Crippen LogP contribution in [0.15, 0.2) is 22.7 Å². The Morgan fingerprint density at radius 3 is 2.81 bits per heavy atom. The third-order valence-corrected chi connectivity index (χ3v) is 3.77. The van der Waals surface area contributed by atoms with Crippen LogP contribution in [0.3, 0.4) is 0 Å². The van der Waals surface area contributed by atoms with E-state index >= 15 is 0 Å². The minimum Gasteiger partial charge on any atom is -0.481 e.